The molecule has 0 amide bonds. The van der Waals surface area contributed by atoms with Gasteiger partial charge >= 0.3 is 0 Å². The lowest BCUT2D eigenvalue weighted by molar-refractivity contribution is -0.00338. The van der Waals surface area contributed by atoms with E-state index >= 15 is 0 Å². The van der Waals surface area contributed by atoms with Gasteiger partial charge in [-0.3, -0.25) is 4.90 Å². The molecule has 1 aliphatic heterocycles. The molecule has 4 heteroatoms. The van der Waals surface area contributed by atoms with Crippen LogP contribution in [0.5, 0.6) is 0 Å². The molecule has 1 aromatic heterocycles. The van der Waals surface area contributed by atoms with E-state index in [0.717, 1.165) is 38.5 Å². The number of nitrogens with one attached hydrogen (secondary N) is 1. The Hall–Kier alpha value is -0.840. The van der Waals surface area contributed by atoms with E-state index in [2.05, 4.69) is 30.3 Å². The summed E-state index contributed by atoms with van der Waals surface area (Å²) in [4.78, 5) is 2.28. The van der Waals surface area contributed by atoms with E-state index in [1.807, 2.05) is 6.26 Å². The van der Waals surface area contributed by atoms with Crippen LogP contribution >= 0.6 is 0 Å². The van der Waals surface area contributed by atoms with Crippen molar-refractivity contribution in [3.05, 3.63) is 23.7 Å². The number of hydrogen-bond donors (Lipinski definition) is 1. The van der Waals surface area contributed by atoms with Gasteiger partial charge in [0.05, 0.1) is 18.9 Å². The third-order valence-electron chi connectivity index (χ3n) is 3.50. The quantitative estimate of drug-likeness (QED) is 0.822. The summed E-state index contributed by atoms with van der Waals surface area (Å²) in [5.74, 6) is 1.03. The van der Waals surface area contributed by atoms with E-state index in [0.29, 0.717) is 6.10 Å². The van der Waals surface area contributed by atoms with Gasteiger partial charge in [-0.15, -0.1) is 0 Å². The van der Waals surface area contributed by atoms with Crippen molar-refractivity contribution in [2.45, 2.75) is 45.4 Å². The first-order valence-corrected chi connectivity index (χ1v) is 7.35. The largest absolute Gasteiger partial charge is 0.468 e. The van der Waals surface area contributed by atoms with Crippen LogP contribution in [0.25, 0.3) is 0 Å². The Morgan fingerprint density at radius 2 is 2.32 bits per heavy atom. The van der Waals surface area contributed by atoms with Gasteiger partial charge in [-0.25, -0.2) is 0 Å². The first-order valence-electron chi connectivity index (χ1n) is 7.35. The zero-order valence-corrected chi connectivity index (χ0v) is 12.2. The summed E-state index contributed by atoms with van der Waals surface area (Å²) >= 11 is 0. The van der Waals surface area contributed by atoms with Crippen LogP contribution in [0.1, 0.15) is 37.5 Å². The van der Waals surface area contributed by atoms with Crippen LogP contribution < -0.4 is 5.32 Å². The summed E-state index contributed by atoms with van der Waals surface area (Å²) < 4.78 is 11.4. The van der Waals surface area contributed by atoms with E-state index in [4.69, 9.17) is 9.15 Å². The van der Waals surface area contributed by atoms with Crippen molar-refractivity contribution in [2.75, 3.05) is 26.7 Å². The van der Waals surface area contributed by atoms with Gasteiger partial charge in [0.25, 0.3) is 0 Å². The fraction of sp³-hybridized carbons (Fsp3) is 0.733. The smallest absolute Gasteiger partial charge is 0.118 e. The molecule has 1 aromatic rings. The number of furan rings is 1. The third-order valence-corrected chi connectivity index (χ3v) is 3.50. The maximum atomic E-state index is 5.76. The molecule has 0 aliphatic carbocycles. The summed E-state index contributed by atoms with van der Waals surface area (Å²) in [6, 6.07) is 2.14. The lowest BCUT2D eigenvalue weighted by atomic mass is 10.1. The first kappa shape index (κ1) is 14.6. The molecule has 1 N–H and O–H groups in total. The number of likely N-dealkylation sites (N-methyl/N-ethyl adjacent to an activating group) is 1. The third kappa shape index (κ3) is 4.97. The highest BCUT2D eigenvalue weighted by molar-refractivity contribution is 5.12. The SMILES string of the molecule is CCNCc1coc(CN(C)CC2CCCCO2)c1. The second-order valence-electron chi connectivity index (χ2n) is 5.39. The normalized spacial score (nSPS) is 20.1. The number of nitrogens with zero attached hydrogens (tertiary/aromatic N) is 1. The van der Waals surface area contributed by atoms with Crippen LogP contribution in [0.15, 0.2) is 16.7 Å². The molecule has 1 fully saturated rings. The van der Waals surface area contributed by atoms with Crippen molar-refractivity contribution < 1.29 is 9.15 Å². The van der Waals surface area contributed by atoms with Gasteiger partial charge in [0.15, 0.2) is 0 Å². The number of ether oxygens (including phenoxy) is 1. The molecule has 0 radical (unpaired) electrons. The van der Waals surface area contributed by atoms with Gasteiger partial charge in [-0.1, -0.05) is 6.92 Å². The molecule has 0 saturated carbocycles. The van der Waals surface area contributed by atoms with Crippen molar-refractivity contribution in [1.82, 2.24) is 10.2 Å². The number of hydrogen-bond acceptors (Lipinski definition) is 4. The second kappa shape index (κ2) is 7.68. The lowest BCUT2D eigenvalue weighted by Gasteiger charge is -2.26. The summed E-state index contributed by atoms with van der Waals surface area (Å²) in [6.45, 7) is 6.75. The molecule has 1 atom stereocenters. The molecular formula is C15H26N2O2. The fourth-order valence-corrected chi connectivity index (χ4v) is 2.50. The molecule has 2 heterocycles. The second-order valence-corrected chi connectivity index (χ2v) is 5.39. The fourth-order valence-electron chi connectivity index (χ4n) is 2.50. The molecule has 0 spiro atoms. The Bertz CT molecular complexity index is 359. The van der Waals surface area contributed by atoms with Crippen LogP contribution in [-0.4, -0.2) is 37.7 Å². The lowest BCUT2D eigenvalue weighted by Crippen LogP contribution is -2.32. The average molecular weight is 266 g/mol. The number of rotatable bonds is 7. The zero-order valence-electron chi connectivity index (χ0n) is 12.2. The highest BCUT2D eigenvalue weighted by atomic mass is 16.5. The molecule has 1 aliphatic rings. The van der Waals surface area contributed by atoms with E-state index in [9.17, 15) is 0 Å². The Morgan fingerprint density at radius 3 is 3.05 bits per heavy atom. The van der Waals surface area contributed by atoms with Crippen LogP contribution in [0.3, 0.4) is 0 Å². The molecule has 0 aromatic carbocycles. The van der Waals surface area contributed by atoms with Crippen molar-refractivity contribution >= 4 is 0 Å². The molecule has 1 unspecified atom stereocenters. The average Bonchev–Trinajstić information content (AvgIpc) is 2.85. The highest BCUT2D eigenvalue weighted by Crippen LogP contribution is 2.15. The first-order chi connectivity index (χ1) is 9.28. The molecular weight excluding hydrogens is 240 g/mol. The molecule has 2 rings (SSSR count). The Kier molecular flexibility index (Phi) is 5.89. The highest BCUT2D eigenvalue weighted by Gasteiger charge is 2.16. The summed E-state index contributed by atoms with van der Waals surface area (Å²) in [7, 11) is 2.13. The van der Waals surface area contributed by atoms with Crippen LogP contribution in [0.2, 0.25) is 0 Å². The van der Waals surface area contributed by atoms with Gasteiger partial charge in [0, 0.05) is 25.3 Å². The van der Waals surface area contributed by atoms with Crippen LogP contribution in [-0.2, 0) is 17.8 Å². The predicted octanol–water partition coefficient (Wildman–Crippen LogP) is 2.39. The van der Waals surface area contributed by atoms with Gasteiger partial charge in [0.1, 0.15) is 5.76 Å². The minimum Gasteiger partial charge on any atom is -0.468 e. The van der Waals surface area contributed by atoms with Crippen LogP contribution in [0.4, 0.5) is 0 Å². The van der Waals surface area contributed by atoms with Crippen LogP contribution in [0, 0.1) is 0 Å². The molecule has 0 bridgehead atoms. The van der Waals surface area contributed by atoms with E-state index < -0.39 is 0 Å². The van der Waals surface area contributed by atoms with Gasteiger partial charge in [-0.05, 0) is 38.9 Å². The minimum absolute atomic E-state index is 0.398. The summed E-state index contributed by atoms with van der Waals surface area (Å²) in [6.07, 6.45) is 5.95. The van der Waals surface area contributed by atoms with Crippen molar-refractivity contribution in [1.29, 1.82) is 0 Å². The maximum Gasteiger partial charge on any atom is 0.118 e. The summed E-state index contributed by atoms with van der Waals surface area (Å²) in [5, 5.41) is 3.30. The monoisotopic (exact) mass is 266 g/mol. The van der Waals surface area contributed by atoms with Gasteiger partial charge in [0.2, 0.25) is 0 Å². The minimum atomic E-state index is 0.398. The van der Waals surface area contributed by atoms with Gasteiger partial charge in [-0.2, -0.15) is 0 Å². The molecule has 1 saturated heterocycles. The Labute approximate surface area is 116 Å². The molecule has 4 nitrogen and oxygen atoms in total. The predicted molar refractivity (Wildman–Crippen MR) is 76.0 cm³/mol. The van der Waals surface area contributed by atoms with E-state index in [1.165, 1.54) is 24.8 Å². The topological polar surface area (TPSA) is 37.6 Å². The zero-order chi connectivity index (χ0) is 13.5. The Morgan fingerprint density at radius 1 is 1.42 bits per heavy atom. The Balaban J connectivity index is 1.74. The van der Waals surface area contributed by atoms with Crippen molar-refractivity contribution in [3.8, 4) is 0 Å². The standard InChI is InChI=1S/C15H26N2O2/c1-3-16-9-13-8-15(19-12-13)11-17(2)10-14-6-4-5-7-18-14/h8,12,14,16H,3-7,9-11H2,1-2H3. The van der Waals surface area contributed by atoms with E-state index in [-0.39, 0.29) is 0 Å². The van der Waals surface area contributed by atoms with E-state index in [1.54, 1.807) is 0 Å². The van der Waals surface area contributed by atoms with Crippen molar-refractivity contribution in [2.24, 2.45) is 0 Å². The van der Waals surface area contributed by atoms with Gasteiger partial charge < -0.3 is 14.5 Å². The summed E-state index contributed by atoms with van der Waals surface area (Å²) in [5.41, 5.74) is 1.22. The molecule has 19 heavy (non-hydrogen) atoms. The maximum absolute atomic E-state index is 5.76. The van der Waals surface area contributed by atoms with Crippen molar-refractivity contribution in [3.63, 3.8) is 0 Å². The molecule has 108 valence electrons.